The Morgan fingerprint density at radius 1 is 1.06 bits per heavy atom. The number of nitrogens with one attached hydrogen (secondary N) is 1. The van der Waals surface area contributed by atoms with E-state index in [9.17, 15) is 4.79 Å². The zero-order valence-corrected chi connectivity index (χ0v) is 17.0. The van der Waals surface area contributed by atoms with Gasteiger partial charge in [0.2, 0.25) is 5.91 Å². The fourth-order valence-electron chi connectivity index (χ4n) is 3.83. The van der Waals surface area contributed by atoms with Crippen molar-refractivity contribution in [2.24, 2.45) is 5.92 Å². The van der Waals surface area contributed by atoms with Crippen molar-refractivity contribution in [2.75, 3.05) is 23.3 Å². The van der Waals surface area contributed by atoms with Crippen LogP contribution < -0.4 is 10.2 Å². The highest BCUT2D eigenvalue weighted by Gasteiger charge is 2.26. The third-order valence-corrected chi connectivity index (χ3v) is 5.61. The minimum absolute atomic E-state index is 0.0289. The van der Waals surface area contributed by atoms with Gasteiger partial charge in [-0.25, -0.2) is 0 Å². The van der Waals surface area contributed by atoms with Gasteiger partial charge >= 0.3 is 0 Å². The first-order chi connectivity index (χ1) is 15.2. The molecule has 5 rings (SSSR count). The van der Waals surface area contributed by atoms with Crippen LogP contribution in [0.3, 0.4) is 0 Å². The Labute approximate surface area is 178 Å². The van der Waals surface area contributed by atoms with Crippen molar-refractivity contribution < 1.29 is 4.79 Å². The number of hydrogen-bond acceptors (Lipinski definition) is 7. The second-order valence-electron chi connectivity index (χ2n) is 7.65. The molecule has 1 aliphatic rings. The van der Waals surface area contributed by atoms with E-state index in [-0.39, 0.29) is 11.8 Å². The Morgan fingerprint density at radius 2 is 1.90 bits per heavy atom. The summed E-state index contributed by atoms with van der Waals surface area (Å²) in [6.07, 6.45) is 9.48. The first-order valence-electron chi connectivity index (χ1n) is 10.4. The van der Waals surface area contributed by atoms with Crippen molar-refractivity contribution in [3.05, 3.63) is 60.8 Å². The van der Waals surface area contributed by atoms with Crippen molar-refractivity contribution >= 4 is 23.2 Å². The standard InChI is InChI=1S/C21H23N9O/c31-21(24-18-8-14-29(26-18)13-5-16-3-9-22-10-4-16)17-6-11-28(12-7-17)20-2-1-19-25-23-15-30(19)27-20/h1-4,8-10,14-15,17H,5-7,11-13H2,(H,24,26,31). The number of carbonyl (C=O) groups excluding carboxylic acids is 1. The molecule has 158 valence electrons. The average Bonchev–Trinajstić information content (AvgIpc) is 3.47. The van der Waals surface area contributed by atoms with E-state index >= 15 is 0 Å². The molecule has 4 aromatic rings. The van der Waals surface area contributed by atoms with Gasteiger partial charge in [-0.3, -0.25) is 14.5 Å². The lowest BCUT2D eigenvalue weighted by atomic mass is 9.96. The maximum absolute atomic E-state index is 12.7. The topological polar surface area (TPSA) is 106 Å². The first-order valence-corrected chi connectivity index (χ1v) is 10.4. The van der Waals surface area contributed by atoms with Crippen molar-refractivity contribution in [2.45, 2.75) is 25.8 Å². The summed E-state index contributed by atoms with van der Waals surface area (Å²) in [6.45, 7) is 2.31. The van der Waals surface area contributed by atoms with Gasteiger partial charge in [0.15, 0.2) is 11.5 Å². The van der Waals surface area contributed by atoms with Gasteiger partial charge in [0, 0.05) is 50.2 Å². The number of pyridine rings is 1. The third-order valence-electron chi connectivity index (χ3n) is 5.61. The van der Waals surface area contributed by atoms with Gasteiger partial charge < -0.3 is 10.2 Å². The van der Waals surface area contributed by atoms with Crippen molar-refractivity contribution in [3.63, 3.8) is 0 Å². The third kappa shape index (κ3) is 4.37. The molecule has 0 bridgehead atoms. The van der Waals surface area contributed by atoms with Crippen LogP contribution in [0.1, 0.15) is 18.4 Å². The monoisotopic (exact) mass is 417 g/mol. The lowest BCUT2D eigenvalue weighted by molar-refractivity contribution is -0.120. The number of anilines is 2. The molecule has 0 aliphatic carbocycles. The van der Waals surface area contributed by atoms with E-state index in [1.54, 1.807) is 23.2 Å². The molecule has 1 N–H and O–H groups in total. The summed E-state index contributed by atoms with van der Waals surface area (Å²) in [5.41, 5.74) is 1.93. The molecule has 0 saturated carbocycles. The van der Waals surface area contributed by atoms with E-state index in [0.29, 0.717) is 5.82 Å². The highest BCUT2D eigenvalue weighted by molar-refractivity contribution is 5.91. The molecule has 1 saturated heterocycles. The molecule has 4 aromatic heterocycles. The molecular formula is C21H23N9O. The Morgan fingerprint density at radius 3 is 2.74 bits per heavy atom. The Hall–Kier alpha value is -3.82. The van der Waals surface area contributed by atoms with Crippen LogP contribution in [0.5, 0.6) is 0 Å². The van der Waals surface area contributed by atoms with Gasteiger partial charge in [0.25, 0.3) is 0 Å². The number of aromatic nitrogens is 7. The molecule has 0 radical (unpaired) electrons. The van der Waals surface area contributed by atoms with Gasteiger partial charge in [-0.2, -0.15) is 9.61 Å². The number of rotatable bonds is 6. The molecule has 0 aromatic carbocycles. The molecule has 10 nitrogen and oxygen atoms in total. The van der Waals surface area contributed by atoms with E-state index < -0.39 is 0 Å². The summed E-state index contributed by atoms with van der Waals surface area (Å²) in [5.74, 6) is 1.47. The molecule has 0 spiro atoms. The van der Waals surface area contributed by atoms with Crippen LogP contribution >= 0.6 is 0 Å². The maximum Gasteiger partial charge on any atom is 0.228 e. The zero-order valence-electron chi connectivity index (χ0n) is 17.0. The van der Waals surface area contributed by atoms with Crippen LogP contribution in [0, 0.1) is 5.92 Å². The molecule has 31 heavy (non-hydrogen) atoms. The summed E-state index contributed by atoms with van der Waals surface area (Å²) < 4.78 is 3.52. The first kappa shape index (κ1) is 19.2. The molecule has 1 amide bonds. The number of carbonyl (C=O) groups is 1. The van der Waals surface area contributed by atoms with Crippen LogP contribution in [0.2, 0.25) is 0 Å². The van der Waals surface area contributed by atoms with Crippen molar-refractivity contribution in [3.8, 4) is 0 Å². The molecule has 1 aliphatic heterocycles. The molecule has 5 heterocycles. The lowest BCUT2D eigenvalue weighted by Gasteiger charge is -2.31. The van der Waals surface area contributed by atoms with Crippen LogP contribution in [0.4, 0.5) is 11.6 Å². The number of hydrogen-bond donors (Lipinski definition) is 1. The normalized spacial score (nSPS) is 14.8. The van der Waals surface area contributed by atoms with Gasteiger partial charge in [0.1, 0.15) is 12.1 Å². The van der Waals surface area contributed by atoms with Crippen molar-refractivity contribution in [1.82, 2.24) is 34.6 Å². The number of nitrogens with zero attached hydrogens (tertiary/aromatic N) is 8. The number of aryl methyl sites for hydroxylation is 2. The quantitative estimate of drug-likeness (QED) is 0.510. The van der Waals surface area contributed by atoms with Crippen LogP contribution in [0.15, 0.2) is 55.2 Å². The minimum atomic E-state index is -0.0307. The van der Waals surface area contributed by atoms with E-state index in [1.807, 2.05) is 41.2 Å². The highest BCUT2D eigenvalue weighted by atomic mass is 16.2. The van der Waals surface area contributed by atoms with Gasteiger partial charge in [0.05, 0.1) is 0 Å². The number of piperidine rings is 1. The van der Waals surface area contributed by atoms with Crippen LogP contribution in [0.25, 0.3) is 5.65 Å². The molecule has 0 unspecified atom stereocenters. The van der Waals surface area contributed by atoms with E-state index in [0.717, 1.165) is 50.4 Å². The summed E-state index contributed by atoms with van der Waals surface area (Å²) in [7, 11) is 0. The van der Waals surface area contributed by atoms with Gasteiger partial charge in [-0.05, 0) is 49.1 Å². The predicted molar refractivity (Wildman–Crippen MR) is 115 cm³/mol. The number of amides is 1. The highest BCUT2D eigenvalue weighted by Crippen LogP contribution is 2.23. The SMILES string of the molecule is O=C(Nc1ccn(CCc2ccncc2)n1)C1CCN(c2ccc3nncn3n2)CC1. The van der Waals surface area contributed by atoms with Gasteiger partial charge in [-0.1, -0.05) is 0 Å². The van der Waals surface area contributed by atoms with Crippen LogP contribution in [-0.2, 0) is 17.8 Å². The predicted octanol–water partition coefficient (Wildman–Crippen LogP) is 1.81. The van der Waals surface area contributed by atoms with Crippen molar-refractivity contribution in [1.29, 1.82) is 0 Å². The Balaban J connectivity index is 1.13. The second kappa shape index (κ2) is 8.50. The summed E-state index contributed by atoms with van der Waals surface area (Å²) in [6, 6.07) is 9.69. The fourth-order valence-corrected chi connectivity index (χ4v) is 3.83. The summed E-state index contributed by atoms with van der Waals surface area (Å²) in [5, 5.41) is 19.8. The molecule has 1 fully saturated rings. The lowest BCUT2D eigenvalue weighted by Crippen LogP contribution is -2.38. The molecular weight excluding hydrogens is 394 g/mol. The smallest absolute Gasteiger partial charge is 0.228 e. The van der Waals surface area contributed by atoms with E-state index in [4.69, 9.17) is 0 Å². The Bertz CT molecular complexity index is 1160. The van der Waals surface area contributed by atoms with Gasteiger partial charge in [-0.15, -0.1) is 15.3 Å². The minimum Gasteiger partial charge on any atom is -0.355 e. The second-order valence-corrected chi connectivity index (χ2v) is 7.65. The van der Waals surface area contributed by atoms with E-state index in [2.05, 4.69) is 35.6 Å². The molecule has 0 atom stereocenters. The zero-order chi connectivity index (χ0) is 21.0. The number of fused-ring (bicyclic) bond motifs is 1. The molecule has 10 heteroatoms. The Kier molecular flexibility index (Phi) is 5.26. The summed E-state index contributed by atoms with van der Waals surface area (Å²) >= 11 is 0. The van der Waals surface area contributed by atoms with E-state index in [1.165, 1.54) is 5.56 Å². The largest absolute Gasteiger partial charge is 0.355 e. The van der Waals surface area contributed by atoms with Crippen LogP contribution in [-0.4, -0.2) is 53.6 Å². The summed E-state index contributed by atoms with van der Waals surface area (Å²) in [4.78, 5) is 18.9. The average molecular weight is 417 g/mol. The fraction of sp³-hybridized carbons (Fsp3) is 0.333. The maximum atomic E-state index is 12.7.